The van der Waals surface area contributed by atoms with E-state index in [1.165, 1.54) is 0 Å². The van der Waals surface area contributed by atoms with E-state index in [1.54, 1.807) is 18.7 Å². The molecule has 2 N–H and O–H groups in total. The topological polar surface area (TPSA) is 70.2 Å². The van der Waals surface area contributed by atoms with E-state index >= 15 is 0 Å². The van der Waals surface area contributed by atoms with Crippen LogP contribution in [-0.4, -0.2) is 16.1 Å². The molecule has 1 aromatic heterocycles. The molecule has 0 radical (unpaired) electrons. The predicted octanol–water partition coefficient (Wildman–Crippen LogP) is 1.13. The van der Waals surface area contributed by atoms with Crippen LogP contribution in [0, 0.1) is 6.92 Å². The van der Waals surface area contributed by atoms with Crippen LogP contribution in [0.3, 0.4) is 0 Å². The second kappa shape index (κ2) is 3.16. The quantitative estimate of drug-likeness (QED) is 0.730. The first-order valence-electron chi connectivity index (χ1n) is 4.17. The SMILES string of the molecule is Cc1[nH]c(=O)c(C(=O)O)c2c1CSC2. The number of rotatable bonds is 1. The Bertz CT molecular complexity index is 464. The Hall–Kier alpha value is -1.23. The van der Waals surface area contributed by atoms with Crippen molar-refractivity contribution in [2.24, 2.45) is 0 Å². The molecule has 74 valence electrons. The van der Waals surface area contributed by atoms with Crippen molar-refractivity contribution in [3.63, 3.8) is 0 Å². The number of carboxylic acid groups (broad SMARTS) is 1. The van der Waals surface area contributed by atoms with Crippen LogP contribution in [0.5, 0.6) is 0 Å². The van der Waals surface area contributed by atoms with Crippen molar-refractivity contribution in [1.82, 2.24) is 4.98 Å². The van der Waals surface area contributed by atoms with Crippen LogP contribution in [0.2, 0.25) is 0 Å². The van der Waals surface area contributed by atoms with Crippen molar-refractivity contribution in [2.75, 3.05) is 0 Å². The lowest BCUT2D eigenvalue weighted by Gasteiger charge is -2.05. The number of aromatic carboxylic acids is 1. The van der Waals surface area contributed by atoms with Crippen LogP contribution in [-0.2, 0) is 11.5 Å². The maximum absolute atomic E-state index is 11.4. The molecule has 0 bridgehead atoms. The van der Waals surface area contributed by atoms with Crippen molar-refractivity contribution >= 4 is 17.7 Å². The highest BCUT2D eigenvalue weighted by atomic mass is 32.2. The molecule has 2 rings (SSSR count). The molecule has 14 heavy (non-hydrogen) atoms. The molecule has 0 aliphatic carbocycles. The Labute approximate surface area is 84.3 Å². The smallest absolute Gasteiger partial charge is 0.341 e. The van der Waals surface area contributed by atoms with Crippen molar-refractivity contribution < 1.29 is 9.90 Å². The second-order valence-electron chi connectivity index (χ2n) is 3.21. The number of carbonyl (C=O) groups is 1. The highest BCUT2D eigenvalue weighted by Gasteiger charge is 2.24. The molecule has 1 aromatic rings. The molecular formula is C9H9NO3S. The summed E-state index contributed by atoms with van der Waals surface area (Å²) in [5.41, 5.74) is 1.89. The highest BCUT2D eigenvalue weighted by molar-refractivity contribution is 7.98. The number of pyridine rings is 1. The van der Waals surface area contributed by atoms with Gasteiger partial charge < -0.3 is 10.1 Å². The van der Waals surface area contributed by atoms with Crippen LogP contribution in [0.15, 0.2) is 4.79 Å². The van der Waals surface area contributed by atoms with Gasteiger partial charge in [-0.2, -0.15) is 11.8 Å². The maximum Gasteiger partial charge on any atom is 0.341 e. The number of H-pyrrole nitrogens is 1. The van der Waals surface area contributed by atoms with Crippen molar-refractivity contribution in [3.8, 4) is 0 Å². The van der Waals surface area contributed by atoms with Gasteiger partial charge in [-0.1, -0.05) is 0 Å². The number of thioether (sulfide) groups is 1. The summed E-state index contributed by atoms with van der Waals surface area (Å²) in [6, 6.07) is 0. The van der Waals surface area contributed by atoms with Crippen molar-refractivity contribution in [3.05, 3.63) is 32.7 Å². The van der Waals surface area contributed by atoms with Crippen LogP contribution in [0.1, 0.15) is 27.2 Å². The fourth-order valence-electron chi connectivity index (χ4n) is 1.66. The van der Waals surface area contributed by atoms with Gasteiger partial charge in [0.1, 0.15) is 5.56 Å². The van der Waals surface area contributed by atoms with E-state index in [0.29, 0.717) is 11.3 Å². The van der Waals surface area contributed by atoms with E-state index in [-0.39, 0.29) is 5.56 Å². The lowest BCUT2D eigenvalue weighted by molar-refractivity contribution is 0.0694. The Kier molecular flexibility index (Phi) is 2.11. The molecule has 0 amide bonds. The number of aromatic amines is 1. The summed E-state index contributed by atoms with van der Waals surface area (Å²) in [7, 11) is 0. The minimum absolute atomic E-state index is 0.0874. The standard InChI is InChI=1S/C9H9NO3S/c1-4-5-2-14-3-6(5)7(9(12)13)8(11)10-4/h2-3H2,1H3,(H,10,11)(H,12,13). The van der Waals surface area contributed by atoms with Crippen LogP contribution < -0.4 is 5.56 Å². The number of aryl methyl sites for hydroxylation is 1. The second-order valence-corrected chi connectivity index (χ2v) is 4.19. The lowest BCUT2D eigenvalue weighted by Crippen LogP contribution is -2.21. The average Bonchev–Trinajstić information content (AvgIpc) is 2.51. The summed E-state index contributed by atoms with van der Waals surface area (Å²) in [4.78, 5) is 24.8. The molecular weight excluding hydrogens is 202 g/mol. The van der Waals surface area contributed by atoms with Crippen LogP contribution in [0.4, 0.5) is 0 Å². The zero-order valence-corrected chi connectivity index (χ0v) is 8.40. The molecule has 0 spiro atoms. The number of nitrogens with one attached hydrogen (secondary N) is 1. The molecule has 1 aliphatic rings. The first kappa shape index (κ1) is 9.33. The molecule has 4 nitrogen and oxygen atoms in total. The molecule has 1 aliphatic heterocycles. The summed E-state index contributed by atoms with van der Waals surface area (Å²) < 4.78 is 0. The largest absolute Gasteiger partial charge is 0.477 e. The monoisotopic (exact) mass is 211 g/mol. The van der Waals surface area contributed by atoms with Crippen LogP contribution >= 0.6 is 11.8 Å². The van der Waals surface area contributed by atoms with Crippen molar-refractivity contribution in [1.29, 1.82) is 0 Å². The number of hydrogen-bond donors (Lipinski definition) is 2. The minimum atomic E-state index is -1.13. The minimum Gasteiger partial charge on any atom is -0.477 e. The number of hydrogen-bond acceptors (Lipinski definition) is 3. The number of aromatic nitrogens is 1. The first-order valence-corrected chi connectivity index (χ1v) is 5.32. The van der Waals surface area contributed by atoms with E-state index < -0.39 is 11.5 Å². The zero-order valence-electron chi connectivity index (χ0n) is 7.59. The summed E-state index contributed by atoms with van der Waals surface area (Å²) in [6.45, 7) is 1.80. The van der Waals surface area contributed by atoms with Gasteiger partial charge in [0.15, 0.2) is 0 Å². The van der Waals surface area contributed by atoms with Gasteiger partial charge in [-0.3, -0.25) is 4.79 Å². The van der Waals surface area contributed by atoms with E-state index in [2.05, 4.69) is 4.98 Å². The van der Waals surface area contributed by atoms with Gasteiger partial charge in [-0.15, -0.1) is 0 Å². The molecule has 0 fully saturated rings. The first-order chi connectivity index (χ1) is 6.61. The Morgan fingerprint density at radius 1 is 1.43 bits per heavy atom. The Morgan fingerprint density at radius 2 is 2.07 bits per heavy atom. The Balaban J connectivity index is 2.78. The van der Waals surface area contributed by atoms with Gasteiger partial charge in [-0.05, 0) is 18.1 Å². The molecule has 0 unspecified atom stereocenters. The molecule has 0 saturated carbocycles. The molecule has 2 heterocycles. The van der Waals surface area contributed by atoms with Gasteiger partial charge in [0, 0.05) is 17.2 Å². The third-order valence-corrected chi connectivity index (χ3v) is 3.34. The van der Waals surface area contributed by atoms with E-state index in [1.807, 2.05) is 0 Å². The summed E-state index contributed by atoms with van der Waals surface area (Å²) in [5, 5.41) is 8.89. The van der Waals surface area contributed by atoms with Crippen LogP contribution in [0.25, 0.3) is 0 Å². The average molecular weight is 211 g/mol. The maximum atomic E-state index is 11.4. The Morgan fingerprint density at radius 3 is 2.71 bits per heavy atom. The van der Waals surface area contributed by atoms with Crippen molar-refractivity contribution in [2.45, 2.75) is 18.4 Å². The van der Waals surface area contributed by atoms with Gasteiger partial charge >= 0.3 is 5.97 Å². The van der Waals surface area contributed by atoms with E-state index in [4.69, 9.17) is 5.11 Å². The van der Waals surface area contributed by atoms with Gasteiger partial charge in [0.25, 0.3) is 5.56 Å². The lowest BCUT2D eigenvalue weighted by atomic mass is 10.0. The third-order valence-electron chi connectivity index (χ3n) is 2.35. The summed E-state index contributed by atoms with van der Waals surface area (Å²) in [6.07, 6.45) is 0. The summed E-state index contributed by atoms with van der Waals surface area (Å²) in [5.74, 6) is 0.282. The van der Waals surface area contributed by atoms with Gasteiger partial charge in [0.05, 0.1) is 0 Å². The van der Waals surface area contributed by atoms with Gasteiger partial charge in [0.2, 0.25) is 0 Å². The molecule has 0 saturated heterocycles. The number of fused-ring (bicyclic) bond motifs is 1. The molecule has 5 heteroatoms. The van der Waals surface area contributed by atoms with E-state index in [0.717, 1.165) is 17.0 Å². The van der Waals surface area contributed by atoms with Gasteiger partial charge in [-0.25, -0.2) is 4.79 Å². The molecule has 0 aromatic carbocycles. The highest BCUT2D eigenvalue weighted by Crippen LogP contribution is 2.32. The summed E-state index contributed by atoms with van der Waals surface area (Å²) >= 11 is 1.64. The van der Waals surface area contributed by atoms with E-state index in [9.17, 15) is 9.59 Å². The fourth-order valence-corrected chi connectivity index (χ4v) is 2.88. The zero-order chi connectivity index (χ0) is 10.3. The normalized spacial score (nSPS) is 14.1. The third kappa shape index (κ3) is 1.24. The fraction of sp³-hybridized carbons (Fsp3) is 0.333. The predicted molar refractivity (Wildman–Crippen MR) is 53.8 cm³/mol. The molecule has 0 atom stereocenters. The number of carboxylic acids is 1.